The summed E-state index contributed by atoms with van der Waals surface area (Å²) in [7, 11) is 0. The largest absolute Gasteiger partial charge is 0.399 e. The van der Waals surface area contributed by atoms with Gasteiger partial charge in [-0.15, -0.1) is 0 Å². The second kappa shape index (κ2) is 15.4. The van der Waals surface area contributed by atoms with Gasteiger partial charge in [-0.2, -0.15) is 0 Å². The average molecular weight is 688 g/mol. The lowest BCUT2D eigenvalue weighted by molar-refractivity contribution is -0.114. The minimum Gasteiger partial charge on any atom is -0.399 e. The Labute approximate surface area is 300 Å². The zero-order valence-corrected chi connectivity index (χ0v) is 27.8. The zero-order valence-electron chi connectivity index (χ0n) is 27.8. The van der Waals surface area contributed by atoms with Crippen molar-refractivity contribution in [2.75, 3.05) is 11.5 Å². The van der Waals surface area contributed by atoms with Gasteiger partial charge in [0.15, 0.2) is 34.5 Å². The van der Waals surface area contributed by atoms with E-state index >= 15 is 0 Å². The van der Waals surface area contributed by atoms with E-state index < -0.39 is 0 Å². The van der Waals surface area contributed by atoms with E-state index in [0.29, 0.717) is 28.6 Å². The van der Waals surface area contributed by atoms with Crippen molar-refractivity contribution in [1.29, 1.82) is 0 Å². The summed E-state index contributed by atoms with van der Waals surface area (Å²) >= 11 is 0. The molecule has 7 rings (SSSR count). The van der Waals surface area contributed by atoms with Crippen LogP contribution in [0.15, 0.2) is 169 Å². The van der Waals surface area contributed by atoms with Crippen molar-refractivity contribution in [3.63, 3.8) is 0 Å². The van der Waals surface area contributed by atoms with Crippen molar-refractivity contribution in [3.8, 4) is 67.9 Å². The van der Waals surface area contributed by atoms with Crippen LogP contribution in [0.1, 0.15) is 0 Å². The molecule has 9 heteroatoms. The molecule has 7 aromatic carbocycles. The normalized spacial score (nSPS) is 10.5. The molecule has 0 amide bonds. The lowest BCUT2D eigenvalue weighted by Crippen LogP contribution is -2.05. The van der Waals surface area contributed by atoms with Gasteiger partial charge in [-0.1, -0.05) is 72.8 Å². The number of nitrogens with two attached hydrogens (primary N) is 2. The predicted octanol–water partition coefficient (Wildman–Crippen LogP) is 10.3. The third-order valence-electron chi connectivity index (χ3n) is 7.99. The van der Waals surface area contributed by atoms with E-state index in [2.05, 4.69) is 11.7 Å². The smallest absolute Gasteiger partial charge is 0.186 e. The molecule has 0 unspecified atom stereocenters. The molecule has 0 atom stereocenters. The highest BCUT2D eigenvalue weighted by Crippen LogP contribution is 2.32. The van der Waals surface area contributed by atoms with Crippen LogP contribution in [0, 0.1) is 0 Å². The quantitative estimate of drug-likeness (QED) is 0.0532. The molecule has 52 heavy (non-hydrogen) atoms. The summed E-state index contributed by atoms with van der Waals surface area (Å²) in [6.45, 7) is 3.56. The zero-order chi connectivity index (χ0) is 35.7. The van der Waals surface area contributed by atoms with Gasteiger partial charge in [0.2, 0.25) is 0 Å². The molecule has 0 bridgehead atoms. The standard InChI is InChI=1S/C43H33N3O6/c1-46-37-18-6-31(7-19-37)34-12-24-40(25-13-34)49-52-43-27-41(50-47-38-20-8-32(9-21-38)29-2-14-35(44)15-3-29)26-42(28-43)51-48-39-22-10-33(11-23-39)30-4-16-36(45)17-5-30/h2-28H,1,44-45H2. The molecule has 0 fully saturated rings. The maximum Gasteiger partial charge on any atom is 0.186 e. The summed E-state index contributed by atoms with van der Waals surface area (Å²) in [5, 5.41) is 0. The Kier molecular flexibility index (Phi) is 9.84. The molecule has 0 aliphatic rings. The second-order valence-electron chi connectivity index (χ2n) is 11.7. The van der Waals surface area contributed by atoms with E-state index in [4.69, 9.17) is 40.8 Å². The van der Waals surface area contributed by atoms with Gasteiger partial charge < -0.3 is 11.5 Å². The number of nitrogens with zero attached hydrogens (tertiary/aromatic N) is 1. The van der Waals surface area contributed by atoms with Gasteiger partial charge in [-0.25, -0.2) is 0 Å². The second-order valence-corrected chi connectivity index (χ2v) is 11.7. The summed E-state index contributed by atoms with van der Waals surface area (Å²) in [4.78, 5) is 37.9. The van der Waals surface area contributed by atoms with Gasteiger partial charge in [-0.3, -0.25) is 34.3 Å². The first-order valence-corrected chi connectivity index (χ1v) is 16.3. The molecular formula is C43H33N3O6. The molecule has 0 saturated carbocycles. The molecule has 0 saturated heterocycles. The van der Waals surface area contributed by atoms with E-state index in [9.17, 15) is 0 Å². The van der Waals surface area contributed by atoms with Crippen LogP contribution in [0.3, 0.4) is 0 Å². The highest BCUT2D eigenvalue weighted by atomic mass is 17.2. The van der Waals surface area contributed by atoms with E-state index in [-0.39, 0.29) is 17.2 Å². The van der Waals surface area contributed by atoms with Crippen LogP contribution in [0.2, 0.25) is 0 Å². The molecule has 256 valence electrons. The average Bonchev–Trinajstić information content (AvgIpc) is 3.20. The predicted molar refractivity (Wildman–Crippen MR) is 204 cm³/mol. The Bertz CT molecular complexity index is 2130. The van der Waals surface area contributed by atoms with Gasteiger partial charge in [0, 0.05) is 29.6 Å². The molecule has 0 radical (unpaired) electrons. The van der Waals surface area contributed by atoms with Gasteiger partial charge in [0.05, 0.1) is 5.69 Å². The molecule has 0 aliphatic carbocycles. The molecule has 7 aromatic rings. The van der Waals surface area contributed by atoms with Crippen LogP contribution in [0.25, 0.3) is 33.4 Å². The lowest BCUT2D eigenvalue weighted by Gasteiger charge is -2.12. The van der Waals surface area contributed by atoms with Crippen molar-refractivity contribution in [2.24, 2.45) is 4.99 Å². The monoisotopic (exact) mass is 687 g/mol. The van der Waals surface area contributed by atoms with E-state index in [1.165, 1.54) is 0 Å². The van der Waals surface area contributed by atoms with Gasteiger partial charge >= 0.3 is 0 Å². The minimum absolute atomic E-state index is 0.272. The Morgan fingerprint density at radius 1 is 0.308 bits per heavy atom. The first-order chi connectivity index (χ1) is 25.5. The summed E-state index contributed by atoms with van der Waals surface area (Å²) in [5.41, 5.74) is 20.0. The van der Waals surface area contributed by atoms with Crippen LogP contribution in [0.4, 0.5) is 17.1 Å². The third-order valence-corrected chi connectivity index (χ3v) is 7.99. The maximum absolute atomic E-state index is 5.83. The fraction of sp³-hybridized carbons (Fsp3) is 0. The number of hydrogen-bond acceptors (Lipinski definition) is 9. The number of hydrogen-bond donors (Lipinski definition) is 2. The fourth-order valence-electron chi connectivity index (χ4n) is 5.20. The lowest BCUT2D eigenvalue weighted by atomic mass is 10.1. The molecule has 0 aromatic heterocycles. The Morgan fingerprint density at radius 3 is 0.808 bits per heavy atom. The summed E-state index contributed by atoms with van der Waals surface area (Å²) < 4.78 is 0. The third kappa shape index (κ3) is 8.42. The number of rotatable bonds is 13. The van der Waals surface area contributed by atoms with Crippen molar-refractivity contribution in [1.82, 2.24) is 0 Å². The van der Waals surface area contributed by atoms with Gasteiger partial charge in [0.25, 0.3) is 0 Å². The SMILES string of the molecule is C=Nc1ccc(-c2ccc(OOc3cc(OOc4ccc(-c5ccc(N)cc5)cc4)cc(OOc4ccc(-c5ccc(N)cc5)cc4)c3)cc2)cc1. The van der Waals surface area contributed by atoms with Crippen molar-refractivity contribution in [3.05, 3.63) is 164 Å². The molecule has 4 N–H and O–H groups in total. The highest BCUT2D eigenvalue weighted by molar-refractivity contribution is 5.68. The summed E-state index contributed by atoms with van der Waals surface area (Å²) in [6.07, 6.45) is 0. The summed E-state index contributed by atoms with van der Waals surface area (Å²) in [5.74, 6) is 2.27. The number of anilines is 2. The molecule has 0 aliphatic heterocycles. The van der Waals surface area contributed by atoms with Gasteiger partial charge in [-0.05, 0) is 113 Å². The number of aliphatic imine (C=N–C) groups is 1. The van der Waals surface area contributed by atoms with Crippen LogP contribution in [0.5, 0.6) is 34.5 Å². The van der Waals surface area contributed by atoms with Crippen LogP contribution < -0.4 is 40.8 Å². The minimum atomic E-state index is 0.272. The fourth-order valence-corrected chi connectivity index (χ4v) is 5.20. The van der Waals surface area contributed by atoms with E-state index in [0.717, 1.165) is 39.1 Å². The van der Waals surface area contributed by atoms with E-state index in [1.54, 1.807) is 54.6 Å². The van der Waals surface area contributed by atoms with Crippen molar-refractivity contribution >= 4 is 23.8 Å². The van der Waals surface area contributed by atoms with Crippen molar-refractivity contribution < 1.29 is 29.3 Å². The highest BCUT2D eigenvalue weighted by Gasteiger charge is 2.11. The van der Waals surface area contributed by atoms with Crippen LogP contribution in [-0.2, 0) is 0 Å². The maximum atomic E-state index is 5.83. The van der Waals surface area contributed by atoms with Crippen LogP contribution in [-0.4, -0.2) is 6.72 Å². The first kappa shape index (κ1) is 33.1. The summed E-state index contributed by atoms with van der Waals surface area (Å²) in [6, 6.07) is 50.3. The molecule has 9 nitrogen and oxygen atoms in total. The van der Waals surface area contributed by atoms with Gasteiger partial charge in [0.1, 0.15) is 0 Å². The van der Waals surface area contributed by atoms with Crippen LogP contribution >= 0.6 is 0 Å². The molecular weight excluding hydrogens is 654 g/mol. The molecule has 0 spiro atoms. The Hall–Kier alpha value is -7.39. The number of benzene rings is 7. The Morgan fingerprint density at radius 2 is 0.538 bits per heavy atom. The topological polar surface area (TPSA) is 120 Å². The van der Waals surface area contributed by atoms with E-state index in [1.807, 2.05) is 109 Å². The van der Waals surface area contributed by atoms with Crippen molar-refractivity contribution in [2.45, 2.75) is 0 Å². The Balaban J connectivity index is 1.04. The molecule has 0 heterocycles. The first-order valence-electron chi connectivity index (χ1n) is 16.3. The number of nitrogen functional groups attached to an aromatic ring is 2.